The topological polar surface area (TPSA) is 84.5 Å². The fourth-order valence-electron chi connectivity index (χ4n) is 1.98. The number of methoxy groups -OCH3 is 1. The summed E-state index contributed by atoms with van der Waals surface area (Å²) in [6.07, 6.45) is 0. The lowest BCUT2D eigenvalue weighted by Crippen LogP contribution is -2.26. The Kier molecular flexibility index (Phi) is 6.64. The van der Waals surface area contributed by atoms with Gasteiger partial charge >= 0.3 is 0 Å². The predicted octanol–water partition coefficient (Wildman–Crippen LogP) is 2.16. The van der Waals surface area contributed by atoms with E-state index in [1.807, 2.05) is 0 Å². The molecule has 6 nitrogen and oxygen atoms in total. The van der Waals surface area contributed by atoms with Crippen molar-refractivity contribution in [1.82, 2.24) is 0 Å². The van der Waals surface area contributed by atoms with Gasteiger partial charge in [0.2, 0.25) is 11.8 Å². The van der Waals surface area contributed by atoms with Gasteiger partial charge in [0, 0.05) is 22.2 Å². The van der Waals surface area contributed by atoms with E-state index in [-0.39, 0.29) is 17.2 Å². The molecule has 1 atom stereocenters. The fourth-order valence-corrected chi connectivity index (χ4v) is 2.81. The van der Waals surface area contributed by atoms with Crippen molar-refractivity contribution in [3.8, 4) is 5.75 Å². The van der Waals surface area contributed by atoms with Crippen LogP contribution >= 0.6 is 0 Å². The lowest BCUT2D eigenvalue weighted by molar-refractivity contribution is -0.114. The van der Waals surface area contributed by atoms with Crippen LogP contribution in [0.1, 0.15) is 0 Å². The van der Waals surface area contributed by atoms with Crippen LogP contribution in [-0.4, -0.2) is 34.6 Å². The molecule has 0 aliphatic carbocycles. The zero-order valence-electron chi connectivity index (χ0n) is 13.5. The highest BCUT2D eigenvalue weighted by molar-refractivity contribution is 7.86. The second kappa shape index (κ2) is 8.93. The Morgan fingerprint density at radius 2 is 1.60 bits per heavy atom. The predicted molar refractivity (Wildman–Crippen MR) is 94.5 cm³/mol. The van der Waals surface area contributed by atoms with Crippen molar-refractivity contribution < 1.29 is 22.9 Å². The molecule has 0 aliphatic heterocycles. The summed E-state index contributed by atoms with van der Waals surface area (Å²) in [4.78, 5) is 23.6. The van der Waals surface area contributed by atoms with Crippen molar-refractivity contribution in [1.29, 1.82) is 0 Å². The molecule has 25 heavy (non-hydrogen) atoms. The van der Waals surface area contributed by atoms with Crippen LogP contribution in [0.15, 0.2) is 48.5 Å². The number of amides is 2. The van der Waals surface area contributed by atoms with E-state index < -0.39 is 28.4 Å². The summed E-state index contributed by atoms with van der Waals surface area (Å²) in [5, 5.41) is 5.02. The lowest BCUT2D eigenvalue weighted by Gasteiger charge is -2.07. The first-order valence-electron chi connectivity index (χ1n) is 7.30. The summed E-state index contributed by atoms with van der Waals surface area (Å²) in [7, 11) is -0.148. The summed E-state index contributed by atoms with van der Waals surface area (Å²) >= 11 is 0. The lowest BCUT2D eigenvalue weighted by atomic mass is 10.3. The Hall–Kier alpha value is -2.74. The van der Waals surface area contributed by atoms with Gasteiger partial charge in [0.1, 0.15) is 23.1 Å². The van der Waals surface area contributed by atoms with Gasteiger partial charge in [-0.3, -0.25) is 13.8 Å². The third kappa shape index (κ3) is 6.34. The van der Waals surface area contributed by atoms with E-state index in [2.05, 4.69) is 10.6 Å². The molecule has 0 aliphatic rings. The Labute approximate surface area is 146 Å². The number of rotatable bonds is 7. The number of carbonyl (C=O) groups excluding carboxylic acids is 2. The number of anilines is 2. The van der Waals surface area contributed by atoms with Gasteiger partial charge in [0.25, 0.3) is 0 Å². The molecule has 2 N–H and O–H groups in total. The fraction of sp³-hybridized carbons (Fsp3) is 0.176. The Balaban J connectivity index is 1.80. The number of hydrogen-bond acceptors (Lipinski definition) is 4. The molecule has 0 fully saturated rings. The molecule has 0 bridgehead atoms. The van der Waals surface area contributed by atoms with Crippen LogP contribution in [0, 0.1) is 5.82 Å². The van der Waals surface area contributed by atoms with Crippen LogP contribution < -0.4 is 15.4 Å². The van der Waals surface area contributed by atoms with Crippen molar-refractivity contribution in [3.05, 3.63) is 54.3 Å². The molecule has 0 spiro atoms. The van der Waals surface area contributed by atoms with E-state index in [0.29, 0.717) is 11.4 Å². The summed E-state index contributed by atoms with van der Waals surface area (Å²) in [6.45, 7) is 0. The number of carbonyl (C=O) groups is 2. The average molecular weight is 364 g/mol. The average Bonchev–Trinajstić information content (AvgIpc) is 2.55. The standard InChI is InChI=1S/C17H17FN2O4S/c1-24-15-7-5-13(6-8-15)19-16(21)10-25(23)11-17(22)20-14-4-2-3-12(18)9-14/h2-9H,10-11H2,1H3,(H,19,21)(H,20,22). The van der Waals surface area contributed by atoms with Gasteiger partial charge in [-0.15, -0.1) is 0 Å². The highest BCUT2D eigenvalue weighted by atomic mass is 32.2. The molecule has 132 valence electrons. The molecule has 2 aromatic carbocycles. The maximum atomic E-state index is 13.0. The second-order valence-electron chi connectivity index (χ2n) is 5.06. The molecular formula is C17H17FN2O4S. The summed E-state index contributed by atoms with van der Waals surface area (Å²) < 4.78 is 30.0. The highest BCUT2D eigenvalue weighted by Gasteiger charge is 2.13. The minimum Gasteiger partial charge on any atom is -0.497 e. The normalized spacial score (nSPS) is 11.4. The summed E-state index contributed by atoms with van der Waals surface area (Å²) in [6, 6.07) is 12.0. The first-order valence-corrected chi connectivity index (χ1v) is 8.79. The first-order chi connectivity index (χ1) is 12.0. The van der Waals surface area contributed by atoms with Gasteiger partial charge < -0.3 is 15.4 Å². The van der Waals surface area contributed by atoms with Crippen molar-refractivity contribution >= 4 is 34.0 Å². The molecule has 0 saturated carbocycles. The minimum atomic E-state index is -1.68. The van der Waals surface area contributed by atoms with Gasteiger partial charge in [-0.25, -0.2) is 4.39 Å². The number of nitrogens with one attached hydrogen (secondary N) is 2. The molecular weight excluding hydrogens is 347 g/mol. The van der Waals surface area contributed by atoms with Gasteiger partial charge in [-0.1, -0.05) is 6.07 Å². The minimum absolute atomic E-state index is 0.268. The van der Waals surface area contributed by atoms with Gasteiger partial charge in [0.05, 0.1) is 7.11 Å². The van der Waals surface area contributed by atoms with E-state index >= 15 is 0 Å². The quantitative estimate of drug-likeness (QED) is 0.789. The molecule has 1 unspecified atom stereocenters. The number of ether oxygens (including phenoxy) is 1. The zero-order valence-corrected chi connectivity index (χ0v) is 14.3. The van der Waals surface area contributed by atoms with Crippen LogP contribution in [-0.2, 0) is 20.4 Å². The van der Waals surface area contributed by atoms with E-state index in [9.17, 15) is 18.2 Å². The maximum Gasteiger partial charge on any atom is 0.237 e. The number of hydrogen-bond donors (Lipinski definition) is 2. The maximum absolute atomic E-state index is 13.0. The smallest absolute Gasteiger partial charge is 0.237 e. The third-order valence-electron chi connectivity index (χ3n) is 3.07. The van der Waals surface area contributed by atoms with E-state index in [1.54, 1.807) is 24.3 Å². The van der Waals surface area contributed by atoms with Gasteiger partial charge in [-0.05, 0) is 42.5 Å². The molecule has 0 saturated heterocycles. The van der Waals surface area contributed by atoms with E-state index in [4.69, 9.17) is 4.74 Å². The Morgan fingerprint density at radius 3 is 2.16 bits per heavy atom. The molecule has 2 rings (SSSR count). The van der Waals surface area contributed by atoms with Crippen LogP contribution in [0.4, 0.5) is 15.8 Å². The van der Waals surface area contributed by atoms with Gasteiger partial charge in [0.15, 0.2) is 0 Å². The SMILES string of the molecule is COc1ccc(NC(=O)CS(=O)CC(=O)Nc2cccc(F)c2)cc1. The Bertz CT molecular complexity index is 780. The van der Waals surface area contributed by atoms with Crippen molar-refractivity contribution in [3.63, 3.8) is 0 Å². The van der Waals surface area contributed by atoms with Crippen LogP contribution in [0.5, 0.6) is 5.75 Å². The monoisotopic (exact) mass is 364 g/mol. The van der Waals surface area contributed by atoms with E-state index in [0.717, 1.165) is 6.07 Å². The second-order valence-corrected chi connectivity index (χ2v) is 6.52. The largest absolute Gasteiger partial charge is 0.497 e. The third-order valence-corrected chi connectivity index (χ3v) is 4.23. The molecule has 2 aromatic rings. The number of halogens is 1. The first kappa shape index (κ1) is 18.6. The number of benzene rings is 2. The van der Waals surface area contributed by atoms with Crippen LogP contribution in [0.3, 0.4) is 0 Å². The van der Waals surface area contributed by atoms with Crippen LogP contribution in [0.2, 0.25) is 0 Å². The van der Waals surface area contributed by atoms with Crippen molar-refractivity contribution in [2.75, 3.05) is 29.2 Å². The van der Waals surface area contributed by atoms with Gasteiger partial charge in [-0.2, -0.15) is 0 Å². The molecule has 0 radical (unpaired) electrons. The molecule has 2 amide bonds. The van der Waals surface area contributed by atoms with Crippen molar-refractivity contribution in [2.24, 2.45) is 0 Å². The molecule has 8 heteroatoms. The Morgan fingerprint density at radius 1 is 1.00 bits per heavy atom. The summed E-state index contributed by atoms with van der Waals surface area (Å²) in [5.41, 5.74) is 0.802. The highest BCUT2D eigenvalue weighted by Crippen LogP contribution is 2.15. The zero-order chi connectivity index (χ0) is 18.2. The van der Waals surface area contributed by atoms with Crippen LogP contribution in [0.25, 0.3) is 0 Å². The molecule has 0 heterocycles. The summed E-state index contributed by atoms with van der Waals surface area (Å²) in [5.74, 6) is -1.54. The van der Waals surface area contributed by atoms with E-state index in [1.165, 1.54) is 25.3 Å². The van der Waals surface area contributed by atoms with Crippen molar-refractivity contribution in [2.45, 2.75) is 0 Å². The molecule has 0 aromatic heterocycles.